The molecule has 1 amide bonds. The van der Waals surface area contributed by atoms with Gasteiger partial charge < -0.3 is 24.3 Å². The lowest BCUT2D eigenvalue weighted by molar-refractivity contribution is -0.384. The zero-order valence-electron chi connectivity index (χ0n) is 14.7. The molecule has 1 N–H and O–H groups in total. The highest BCUT2D eigenvalue weighted by molar-refractivity contribution is 5.74. The molecule has 10 heteroatoms. The van der Waals surface area contributed by atoms with Gasteiger partial charge >= 0.3 is 12.1 Å². The first-order valence-electron chi connectivity index (χ1n) is 8.15. The summed E-state index contributed by atoms with van der Waals surface area (Å²) in [5.74, 6) is 0.649. The average molecular weight is 388 g/mol. The zero-order chi connectivity index (χ0) is 20.1. The minimum absolute atomic E-state index is 0.0933. The van der Waals surface area contributed by atoms with E-state index in [1.165, 1.54) is 31.4 Å². The Labute approximate surface area is 159 Å². The van der Waals surface area contributed by atoms with Crippen LogP contribution in [0.5, 0.6) is 17.2 Å². The van der Waals surface area contributed by atoms with Crippen molar-refractivity contribution >= 4 is 17.7 Å². The van der Waals surface area contributed by atoms with Gasteiger partial charge in [0.05, 0.1) is 24.5 Å². The van der Waals surface area contributed by atoms with Crippen LogP contribution in [0.2, 0.25) is 0 Å². The molecule has 0 spiro atoms. The van der Waals surface area contributed by atoms with Gasteiger partial charge in [-0.1, -0.05) is 6.07 Å². The largest absolute Gasteiger partial charge is 0.469 e. The molecule has 3 rings (SSSR count). The van der Waals surface area contributed by atoms with Gasteiger partial charge in [-0.3, -0.25) is 14.9 Å². The van der Waals surface area contributed by atoms with Crippen LogP contribution in [0.1, 0.15) is 18.0 Å². The lowest BCUT2D eigenvalue weighted by atomic mass is 10.0. The van der Waals surface area contributed by atoms with Gasteiger partial charge in [-0.2, -0.15) is 0 Å². The minimum atomic E-state index is -0.833. The maximum absolute atomic E-state index is 12.2. The molecular weight excluding hydrogens is 372 g/mol. The second kappa shape index (κ2) is 8.25. The predicted octanol–water partition coefficient (Wildman–Crippen LogP) is 2.72. The minimum Gasteiger partial charge on any atom is -0.469 e. The highest BCUT2D eigenvalue weighted by Crippen LogP contribution is 2.35. The Balaban J connectivity index is 1.72. The third-order valence-electron chi connectivity index (χ3n) is 3.95. The quantitative estimate of drug-likeness (QED) is 0.455. The van der Waals surface area contributed by atoms with Gasteiger partial charge in [-0.25, -0.2) is 4.79 Å². The lowest BCUT2D eigenvalue weighted by Gasteiger charge is -2.18. The number of non-ortho nitro benzene ring substituents is 1. The number of hydrogen-bond donors (Lipinski definition) is 1. The number of methoxy groups -OCH3 is 1. The van der Waals surface area contributed by atoms with Crippen LogP contribution in [0, 0.1) is 10.1 Å². The molecule has 0 fully saturated rings. The maximum atomic E-state index is 12.2. The van der Waals surface area contributed by atoms with Crippen LogP contribution >= 0.6 is 0 Å². The van der Waals surface area contributed by atoms with E-state index in [-0.39, 0.29) is 24.7 Å². The summed E-state index contributed by atoms with van der Waals surface area (Å²) in [6, 6.07) is 9.30. The van der Waals surface area contributed by atoms with E-state index in [1.54, 1.807) is 18.2 Å². The number of amides is 1. The van der Waals surface area contributed by atoms with Crippen LogP contribution in [0.3, 0.4) is 0 Å². The molecule has 0 aliphatic carbocycles. The summed E-state index contributed by atoms with van der Waals surface area (Å²) < 4.78 is 20.4. The van der Waals surface area contributed by atoms with E-state index in [0.29, 0.717) is 17.1 Å². The molecule has 1 aliphatic heterocycles. The fraction of sp³-hybridized carbons (Fsp3) is 0.222. The first-order valence-corrected chi connectivity index (χ1v) is 8.15. The van der Waals surface area contributed by atoms with E-state index in [1.807, 2.05) is 0 Å². The Morgan fingerprint density at radius 1 is 1.18 bits per heavy atom. The number of ether oxygens (including phenoxy) is 4. The van der Waals surface area contributed by atoms with Crippen molar-refractivity contribution in [3.8, 4) is 17.2 Å². The van der Waals surface area contributed by atoms with Crippen LogP contribution in [-0.4, -0.2) is 30.9 Å². The van der Waals surface area contributed by atoms with Crippen molar-refractivity contribution in [2.45, 2.75) is 12.5 Å². The van der Waals surface area contributed by atoms with Gasteiger partial charge in [-0.15, -0.1) is 0 Å². The molecule has 0 saturated heterocycles. The number of hydrogen-bond acceptors (Lipinski definition) is 8. The van der Waals surface area contributed by atoms with Crippen molar-refractivity contribution in [2.24, 2.45) is 0 Å². The number of rotatable bonds is 6. The third kappa shape index (κ3) is 4.47. The molecular formula is C18H16N2O8. The predicted molar refractivity (Wildman–Crippen MR) is 94.2 cm³/mol. The summed E-state index contributed by atoms with van der Waals surface area (Å²) in [5.41, 5.74) is 0.465. The van der Waals surface area contributed by atoms with Crippen molar-refractivity contribution in [3.05, 3.63) is 58.1 Å². The molecule has 0 aromatic heterocycles. The van der Waals surface area contributed by atoms with E-state index < -0.39 is 23.0 Å². The summed E-state index contributed by atoms with van der Waals surface area (Å²) in [7, 11) is 1.24. The maximum Gasteiger partial charge on any atom is 0.413 e. The van der Waals surface area contributed by atoms with Gasteiger partial charge in [0, 0.05) is 12.1 Å². The van der Waals surface area contributed by atoms with Gasteiger partial charge in [-0.05, 0) is 29.8 Å². The van der Waals surface area contributed by atoms with E-state index >= 15 is 0 Å². The van der Waals surface area contributed by atoms with Crippen molar-refractivity contribution < 1.29 is 33.5 Å². The van der Waals surface area contributed by atoms with Gasteiger partial charge in [0.25, 0.3) is 5.69 Å². The fourth-order valence-electron chi connectivity index (χ4n) is 2.55. The fourth-order valence-corrected chi connectivity index (χ4v) is 2.55. The number of benzene rings is 2. The molecule has 0 saturated carbocycles. The molecule has 1 atom stereocenters. The molecule has 0 bridgehead atoms. The lowest BCUT2D eigenvalue weighted by Crippen LogP contribution is -2.32. The summed E-state index contributed by atoms with van der Waals surface area (Å²) in [6.07, 6.45) is -0.966. The number of carbonyl (C=O) groups excluding carboxylic acids is 2. The zero-order valence-corrected chi connectivity index (χ0v) is 14.7. The van der Waals surface area contributed by atoms with Crippen LogP contribution in [-0.2, 0) is 9.53 Å². The van der Waals surface area contributed by atoms with Crippen LogP contribution < -0.4 is 19.5 Å². The van der Waals surface area contributed by atoms with Gasteiger partial charge in [0.15, 0.2) is 11.5 Å². The number of esters is 1. The van der Waals surface area contributed by atoms with Crippen molar-refractivity contribution in [1.82, 2.24) is 5.32 Å². The highest BCUT2D eigenvalue weighted by Gasteiger charge is 2.23. The monoisotopic (exact) mass is 388 g/mol. The van der Waals surface area contributed by atoms with E-state index in [0.717, 1.165) is 0 Å². The molecule has 0 radical (unpaired) electrons. The Kier molecular flexibility index (Phi) is 5.58. The second-order valence-corrected chi connectivity index (χ2v) is 5.73. The smallest absolute Gasteiger partial charge is 0.413 e. The molecule has 1 aliphatic rings. The molecule has 10 nitrogen and oxygen atoms in total. The molecule has 0 unspecified atom stereocenters. The van der Waals surface area contributed by atoms with Crippen LogP contribution in [0.4, 0.5) is 10.5 Å². The number of carbonyl (C=O) groups is 2. The topological polar surface area (TPSA) is 126 Å². The first-order chi connectivity index (χ1) is 13.5. The Hall–Kier alpha value is -3.82. The Morgan fingerprint density at radius 2 is 1.89 bits per heavy atom. The first kappa shape index (κ1) is 19.0. The van der Waals surface area contributed by atoms with Gasteiger partial charge in [0.1, 0.15) is 5.75 Å². The molecule has 2 aromatic rings. The summed E-state index contributed by atoms with van der Waals surface area (Å²) >= 11 is 0. The van der Waals surface area contributed by atoms with E-state index in [4.69, 9.17) is 14.2 Å². The van der Waals surface area contributed by atoms with Gasteiger partial charge in [0.2, 0.25) is 6.79 Å². The Morgan fingerprint density at radius 3 is 2.57 bits per heavy atom. The molecule has 2 aromatic carbocycles. The number of nitrogens with one attached hydrogen (secondary N) is 1. The number of nitro groups is 1. The van der Waals surface area contributed by atoms with Crippen molar-refractivity contribution in [1.29, 1.82) is 0 Å². The van der Waals surface area contributed by atoms with Crippen molar-refractivity contribution in [3.63, 3.8) is 0 Å². The van der Waals surface area contributed by atoms with Crippen LogP contribution in [0.15, 0.2) is 42.5 Å². The van der Waals surface area contributed by atoms with E-state index in [9.17, 15) is 19.7 Å². The second-order valence-electron chi connectivity index (χ2n) is 5.73. The summed E-state index contributed by atoms with van der Waals surface area (Å²) in [6.45, 7) is 0.0933. The Bertz CT molecular complexity index is 897. The summed E-state index contributed by atoms with van der Waals surface area (Å²) in [4.78, 5) is 34.1. The SMILES string of the molecule is COC(=O)C[C@@H](NC(=O)Oc1ccc([N+](=O)[O-])cc1)c1ccc2c(c1)OCO2. The summed E-state index contributed by atoms with van der Waals surface area (Å²) in [5, 5.41) is 13.3. The normalized spacial score (nSPS) is 12.8. The average Bonchev–Trinajstić information content (AvgIpc) is 3.15. The number of nitrogens with zero attached hydrogens (tertiary/aromatic N) is 1. The molecule has 1 heterocycles. The van der Waals surface area contributed by atoms with Crippen molar-refractivity contribution in [2.75, 3.05) is 13.9 Å². The highest BCUT2D eigenvalue weighted by atomic mass is 16.7. The molecule has 146 valence electrons. The van der Waals surface area contributed by atoms with Crippen LogP contribution in [0.25, 0.3) is 0 Å². The number of fused-ring (bicyclic) bond motifs is 1. The molecule has 28 heavy (non-hydrogen) atoms. The third-order valence-corrected chi connectivity index (χ3v) is 3.95. The van der Waals surface area contributed by atoms with E-state index in [2.05, 4.69) is 10.1 Å². The number of nitro benzene ring substituents is 1. The standard InChI is InChI=1S/C18H16N2O8/c1-25-17(21)9-14(11-2-7-15-16(8-11)27-10-26-15)19-18(22)28-13-5-3-12(4-6-13)20(23)24/h2-8,14H,9-10H2,1H3,(H,19,22)/t14-/m1/s1.